The summed E-state index contributed by atoms with van der Waals surface area (Å²) in [7, 11) is 0. The van der Waals surface area contributed by atoms with Crippen LogP contribution in [0.1, 0.15) is 24.5 Å². The molecule has 1 aliphatic heterocycles. The van der Waals surface area contributed by atoms with Crippen molar-refractivity contribution in [3.63, 3.8) is 0 Å². The first kappa shape index (κ1) is 9.89. The number of carbonyl (C=O) groups excluding carboxylic acids is 1. The summed E-state index contributed by atoms with van der Waals surface area (Å²) in [6.45, 7) is 1.61. The summed E-state index contributed by atoms with van der Waals surface area (Å²) in [4.78, 5) is 12.3. The van der Waals surface area contributed by atoms with Crippen LogP contribution in [-0.2, 0) is 4.79 Å². The zero-order valence-corrected chi connectivity index (χ0v) is 8.47. The summed E-state index contributed by atoms with van der Waals surface area (Å²) in [5, 5.41) is 7.91. The van der Waals surface area contributed by atoms with Crippen LogP contribution in [0, 0.1) is 0 Å². The van der Waals surface area contributed by atoms with E-state index in [1.54, 1.807) is 11.0 Å². The second-order valence-corrected chi connectivity index (χ2v) is 3.80. The van der Waals surface area contributed by atoms with Crippen LogP contribution in [0.15, 0.2) is 12.1 Å². The predicted molar refractivity (Wildman–Crippen MR) is 56.1 cm³/mol. The third-order valence-corrected chi connectivity index (χ3v) is 2.80. The number of hydrogen-bond donors (Lipinski definition) is 1. The SMILES string of the molecule is Nc1ccc(C2CCN(C=O)CC2)nn1. The van der Waals surface area contributed by atoms with E-state index in [4.69, 9.17) is 5.73 Å². The molecule has 0 radical (unpaired) electrons. The second-order valence-electron chi connectivity index (χ2n) is 3.80. The van der Waals surface area contributed by atoms with Gasteiger partial charge in [-0.05, 0) is 25.0 Å². The number of piperidine rings is 1. The van der Waals surface area contributed by atoms with Gasteiger partial charge in [-0.1, -0.05) is 0 Å². The number of nitrogens with two attached hydrogens (primary N) is 1. The molecule has 1 saturated heterocycles. The number of likely N-dealkylation sites (tertiary alicyclic amines) is 1. The second kappa shape index (κ2) is 4.25. The molecule has 1 aromatic rings. The maximum atomic E-state index is 10.5. The van der Waals surface area contributed by atoms with E-state index < -0.39 is 0 Å². The van der Waals surface area contributed by atoms with Gasteiger partial charge in [0.2, 0.25) is 6.41 Å². The Morgan fingerprint density at radius 3 is 2.60 bits per heavy atom. The van der Waals surface area contributed by atoms with E-state index in [0.717, 1.165) is 38.0 Å². The topological polar surface area (TPSA) is 72.1 Å². The molecule has 2 N–H and O–H groups in total. The van der Waals surface area contributed by atoms with E-state index in [1.807, 2.05) is 6.07 Å². The van der Waals surface area contributed by atoms with Crippen LogP contribution < -0.4 is 5.73 Å². The molecule has 1 aromatic heterocycles. The molecule has 80 valence electrons. The third-order valence-electron chi connectivity index (χ3n) is 2.80. The zero-order chi connectivity index (χ0) is 10.7. The predicted octanol–water partition coefficient (Wildman–Crippen LogP) is 0.395. The van der Waals surface area contributed by atoms with Gasteiger partial charge in [0.1, 0.15) is 5.82 Å². The molecule has 15 heavy (non-hydrogen) atoms. The molecule has 2 rings (SSSR count). The lowest BCUT2D eigenvalue weighted by Gasteiger charge is -2.28. The number of anilines is 1. The fourth-order valence-electron chi connectivity index (χ4n) is 1.87. The van der Waals surface area contributed by atoms with E-state index in [1.165, 1.54) is 0 Å². The standard InChI is InChI=1S/C10H14N4O/c11-10-2-1-9(12-13-10)8-3-5-14(7-15)6-4-8/h1-2,7-8H,3-6H2,(H2,11,13). The summed E-state index contributed by atoms with van der Waals surface area (Å²) in [6, 6.07) is 3.69. The quantitative estimate of drug-likeness (QED) is 0.711. The van der Waals surface area contributed by atoms with Crippen molar-refractivity contribution in [3.8, 4) is 0 Å². The Balaban J connectivity index is 2.01. The highest BCUT2D eigenvalue weighted by Crippen LogP contribution is 2.25. The summed E-state index contributed by atoms with van der Waals surface area (Å²) in [5.41, 5.74) is 6.45. The molecule has 5 nitrogen and oxygen atoms in total. The van der Waals surface area contributed by atoms with Crippen molar-refractivity contribution in [2.24, 2.45) is 0 Å². The number of nitrogens with zero attached hydrogens (tertiary/aromatic N) is 3. The highest BCUT2D eigenvalue weighted by Gasteiger charge is 2.20. The van der Waals surface area contributed by atoms with Crippen LogP contribution in [0.5, 0.6) is 0 Å². The molecule has 0 spiro atoms. The van der Waals surface area contributed by atoms with E-state index in [0.29, 0.717) is 11.7 Å². The maximum Gasteiger partial charge on any atom is 0.209 e. The van der Waals surface area contributed by atoms with Gasteiger partial charge in [-0.15, -0.1) is 5.10 Å². The van der Waals surface area contributed by atoms with E-state index in [2.05, 4.69) is 10.2 Å². The molecule has 0 unspecified atom stereocenters. The first-order valence-electron chi connectivity index (χ1n) is 5.08. The minimum atomic E-state index is 0.411. The molecule has 0 bridgehead atoms. The fourth-order valence-corrected chi connectivity index (χ4v) is 1.87. The molecule has 1 aliphatic rings. The number of aromatic nitrogens is 2. The first-order valence-corrected chi connectivity index (χ1v) is 5.08. The smallest absolute Gasteiger partial charge is 0.209 e. The number of carbonyl (C=O) groups is 1. The van der Waals surface area contributed by atoms with Gasteiger partial charge in [-0.3, -0.25) is 4.79 Å². The van der Waals surface area contributed by atoms with Crippen molar-refractivity contribution >= 4 is 12.2 Å². The van der Waals surface area contributed by atoms with Crippen molar-refractivity contribution in [1.82, 2.24) is 15.1 Å². The van der Waals surface area contributed by atoms with Crippen LogP contribution in [0.25, 0.3) is 0 Å². The largest absolute Gasteiger partial charge is 0.382 e. The highest BCUT2D eigenvalue weighted by molar-refractivity contribution is 5.47. The van der Waals surface area contributed by atoms with E-state index in [-0.39, 0.29) is 0 Å². The molecule has 5 heteroatoms. The molecule has 0 aliphatic carbocycles. The maximum absolute atomic E-state index is 10.5. The average molecular weight is 206 g/mol. The van der Waals surface area contributed by atoms with Gasteiger partial charge in [-0.2, -0.15) is 5.10 Å². The van der Waals surface area contributed by atoms with Crippen LogP contribution in [-0.4, -0.2) is 34.6 Å². The number of amides is 1. The monoisotopic (exact) mass is 206 g/mol. The van der Waals surface area contributed by atoms with Gasteiger partial charge in [0.25, 0.3) is 0 Å². The first-order chi connectivity index (χ1) is 7.29. The van der Waals surface area contributed by atoms with E-state index >= 15 is 0 Å². The van der Waals surface area contributed by atoms with Crippen molar-refractivity contribution in [1.29, 1.82) is 0 Å². The average Bonchev–Trinajstić information content (AvgIpc) is 2.30. The van der Waals surface area contributed by atoms with Crippen LogP contribution in [0.2, 0.25) is 0 Å². The summed E-state index contributed by atoms with van der Waals surface area (Å²) in [5.74, 6) is 0.860. The van der Waals surface area contributed by atoms with Gasteiger partial charge in [0.05, 0.1) is 5.69 Å². The molecule has 0 atom stereocenters. The molecular formula is C10H14N4O. The van der Waals surface area contributed by atoms with Crippen molar-refractivity contribution in [2.75, 3.05) is 18.8 Å². The fraction of sp³-hybridized carbons (Fsp3) is 0.500. The Morgan fingerprint density at radius 2 is 2.07 bits per heavy atom. The van der Waals surface area contributed by atoms with Gasteiger partial charge in [0.15, 0.2) is 0 Å². The Bertz CT molecular complexity index is 330. The minimum absolute atomic E-state index is 0.411. The lowest BCUT2D eigenvalue weighted by Crippen LogP contribution is -2.31. The summed E-state index contributed by atoms with van der Waals surface area (Å²) >= 11 is 0. The molecule has 2 heterocycles. The number of rotatable bonds is 2. The molecule has 0 aromatic carbocycles. The van der Waals surface area contributed by atoms with Crippen molar-refractivity contribution < 1.29 is 4.79 Å². The highest BCUT2D eigenvalue weighted by atomic mass is 16.1. The lowest BCUT2D eigenvalue weighted by molar-refractivity contribution is -0.119. The van der Waals surface area contributed by atoms with Crippen LogP contribution >= 0.6 is 0 Å². The number of nitrogen functional groups attached to an aromatic ring is 1. The third kappa shape index (κ3) is 2.23. The van der Waals surface area contributed by atoms with Crippen molar-refractivity contribution in [2.45, 2.75) is 18.8 Å². The Morgan fingerprint density at radius 1 is 1.33 bits per heavy atom. The lowest BCUT2D eigenvalue weighted by atomic mass is 9.94. The Labute approximate surface area is 88.3 Å². The van der Waals surface area contributed by atoms with Crippen molar-refractivity contribution in [3.05, 3.63) is 17.8 Å². The Kier molecular flexibility index (Phi) is 2.80. The summed E-state index contributed by atoms with van der Waals surface area (Å²) < 4.78 is 0. The van der Waals surface area contributed by atoms with Gasteiger partial charge in [0, 0.05) is 19.0 Å². The minimum Gasteiger partial charge on any atom is -0.382 e. The van der Waals surface area contributed by atoms with Crippen LogP contribution in [0.3, 0.4) is 0 Å². The molecule has 1 fully saturated rings. The number of hydrogen-bond acceptors (Lipinski definition) is 4. The summed E-state index contributed by atoms with van der Waals surface area (Å²) in [6.07, 6.45) is 2.82. The molecular weight excluding hydrogens is 192 g/mol. The van der Waals surface area contributed by atoms with Gasteiger partial charge in [-0.25, -0.2) is 0 Å². The Hall–Kier alpha value is -1.65. The van der Waals surface area contributed by atoms with Gasteiger partial charge < -0.3 is 10.6 Å². The zero-order valence-electron chi connectivity index (χ0n) is 8.47. The van der Waals surface area contributed by atoms with Crippen LogP contribution in [0.4, 0.5) is 5.82 Å². The van der Waals surface area contributed by atoms with Gasteiger partial charge >= 0.3 is 0 Å². The normalized spacial score (nSPS) is 17.7. The van der Waals surface area contributed by atoms with E-state index in [9.17, 15) is 4.79 Å². The molecule has 1 amide bonds. The molecule has 0 saturated carbocycles.